The molecular formula is C14H27O6P. The third-order valence-corrected chi connectivity index (χ3v) is 3.70. The molecule has 0 aliphatic rings. The first-order valence-electron chi connectivity index (χ1n) is 7.44. The molecule has 124 valence electrons. The van der Waals surface area contributed by atoms with Crippen LogP contribution in [0.15, 0.2) is 12.2 Å². The standard InChI is InChI=1S/C14H27O6P/c1-13(14(15)16)11-9-7-5-3-2-4-6-8-10-12-20-21(17,18)19/h1-12H2,(H,15,16)(H2,17,18,19). The molecule has 0 aliphatic heterocycles. The van der Waals surface area contributed by atoms with E-state index < -0.39 is 13.8 Å². The van der Waals surface area contributed by atoms with Crippen molar-refractivity contribution in [2.24, 2.45) is 0 Å². The third-order valence-electron chi connectivity index (χ3n) is 3.18. The van der Waals surface area contributed by atoms with Crippen LogP contribution < -0.4 is 0 Å². The van der Waals surface area contributed by atoms with Gasteiger partial charge in [0.2, 0.25) is 0 Å². The van der Waals surface area contributed by atoms with Crippen molar-refractivity contribution in [1.82, 2.24) is 0 Å². The van der Waals surface area contributed by atoms with Crippen molar-refractivity contribution in [3.63, 3.8) is 0 Å². The zero-order valence-electron chi connectivity index (χ0n) is 12.5. The fourth-order valence-corrected chi connectivity index (χ4v) is 2.34. The van der Waals surface area contributed by atoms with E-state index in [0.29, 0.717) is 12.8 Å². The van der Waals surface area contributed by atoms with Crippen molar-refractivity contribution in [3.05, 3.63) is 12.2 Å². The molecule has 0 aliphatic carbocycles. The van der Waals surface area contributed by atoms with Gasteiger partial charge in [0.25, 0.3) is 0 Å². The Morgan fingerprint density at radius 2 is 1.33 bits per heavy atom. The number of phosphoric ester groups is 1. The fourth-order valence-electron chi connectivity index (χ4n) is 1.97. The largest absolute Gasteiger partial charge is 0.478 e. The van der Waals surface area contributed by atoms with Crippen LogP contribution in [0.4, 0.5) is 0 Å². The van der Waals surface area contributed by atoms with Crippen molar-refractivity contribution in [3.8, 4) is 0 Å². The summed E-state index contributed by atoms with van der Waals surface area (Å²) >= 11 is 0. The molecule has 0 amide bonds. The van der Waals surface area contributed by atoms with E-state index in [0.717, 1.165) is 51.4 Å². The second kappa shape index (κ2) is 11.9. The Hall–Kier alpha value is -0.680. The molecular weight excluding hydrogens is 295 g/mol. The summed E-state index contributed by atoms with van der Waals surface area (Å²) in [6, 6.07) is 0. The van der Waals surface area contributed by atoms with E-state index in [1.807, 2.05) is 0 Å². The van der Waals surface area contributed by atoms with Gasteiger partial charge in [-0.15, -0.1) is 0 Å². The Bertz CT molecular complexity index is 349. The lowest BCUT2D eigenvalue weighted by Gasteiger charge is -2.05. The zero-order chi connectivity index (χ0) is 16.1. The number of carboxylic acid groups (broad SMARTS) is 1. The summed E-state index contributed by atoms with van der Waals surface area (Å²) in [4.78, 5) is 27.5. The summed E-state index contributed by atoms with van der Waals surface area (Å²) in [6.07, 6.45) is 9.59. The van der Waals surface area contributed by atoms with Crippen LogP contribution in [0.5, 0.6) is 0 Å². The number of hydrogen-bond acceptors (Lipinski definition) is 3. The average molecular weight is 322 g/mol. The number of carboxylic acids is 1. The van der Waals surface area contributed by atoms with E-state index in [2.05, 4.69) is 11.1 Å². The maximum absolute atomic E-state index is 10.5. The van der Waals surface area contributed by atoms with Gasteiger partial charge >= 0.3 is 13.8 Å². The minimum absolute atomic E-state index is 0.109. The van der Waals surface area contributed by atoms with E-state index in [4.69, 9.17) is 14.9 Å². The summed E-state index contributed by atoms with van der Waals surface area (Å²) in [5.41, 5.74) is 0.285. The lowest BCUT2D eigenvalue weighted by atomic mass is 10.0. The summed E-state index contributed by atoms with van der Waals surface area (Å²) in [6.45, 7) is 3.60. The molecule has 0 aromatic rings. The predicted octanol–water partition coefficient (Wildman–Crippen LogP) is 3.64. The minimum atomic E-state index is -4.30. The van der Waals surface area contributed by atoms with Crippen molar-refractivity contribution in [2.45, 2.75) is 64.2 Å². The molecule has 0 saturated heterocycles. The first-order valence-corrected chi connectivity index (χ1v) is 8.97. The van der Waals surface area contributed by atoms with Crippen molar-refractivity contribution in [2.75, 3.05) is 6.61 Å². The van der Waals surface area contributed by atoms with Crippen LogP contribution >= 0.6 is 7.82 Å². The quantitative estimate of drug-likeness (QED) is 0.256. The molecule has 7 heteroatoms. The lowest BCUT2D eigenvalue weighted by Crippen LogP contribution is -1.98. The zero-order valence-corrected chi connectivity index (χ0v) is 13.4. The van der Waals surface area contributed by atoms with Gasteiger partial charge in [-0.3, -0.25) is 4.52 Å². The molecule has 0 aromatic heterocycles. The molecule has 6 nitrogen and oxygen atoms in total. The Morgan fingerprint density at radius 3 is 1.76 bits per heavy atom. The maximum atomic E-state index is 10.5. The van der Waals surface area contributed by atoms with Crippen LogP contribution in [0, 0.1) is 0 Å². The number of phosphoric acid groups is 1. The second-order valence-corrected chi connectivity index (χ2v) is 6.40. The highest BCUT2D eigenvalue weighted by molar-refractivity contribution is 7.46. The first kappa shape index (κ1) is 20.3. The number of aliphatic carboxylic acids is 1. The van der Waals surface area contributed by atoms with Gasteiger partial charge in [0.15, 0.2) is 0 Å². The van der Waals surface area contributed by atoms with Crippen LogP contribution in [-0.2, 0) is 13.9 Å². The Morgan fingerprint density at radius 1 is 0.905 bits per heavy atom. The Balaban J connectivity index is 3.18. The number of hydrogen-bond donors (Lipinski definition) is 3. The minimum Gasteiger partial charge on any atom is -0.478 e. The molecule has 0 saturated carbocycles. The normalized spacial score (nSPS) is 11.5. The van der Waals surface area contributed by atoms with Gasteiger partial charge in [-0.1, -0.05) is 51.5 Å². The molecule has 0 radical (unpaired) electrons. The molecule has 0 bridgehead atoms. The monoisotopic (exact) mass is 322 g/mol. The van der Waals surface area contributed by atoms with Crippen LogP contribution in [0.25, 0.3) is 0 Å². The molecule has 0 fully saturated rings. The molecule has 0 rings (SSSR count). The topological polar surface area (TPSA) is 104 Å². The highest BCUT2D eigenvalue weighted by atomic mass is 31.2. The molecule has 0 atom stereocenters. The number of carbonyl (C=O) groups is 1. The van der Waals surface area contributed by atoms with Crippen molar-refractivity contribution < 1.29 is 28.8 Å². The summed E-state index contributed by atoms with van der Waals surface area (Å²) in [7, 11) is -4.30. The van der Waals surface area contributed by atoms with E-state index in [1.54, 1.807) is 0 Å². The highest BCUT2D eigenvalue weighted by Crippen LogP contribution is 2.35. The van der Waals surface area contributed by atoms with Gasteiger partial charge < -0.3 is 14.9 Å². The fraction of sp³-hybridized carbons (Fsp3) is 0.786. The van der Waals surface area contributed by atoms with Gasteiger partial charge in [0, 0.05) is 5.57 Å². The van der Waals surface area contributed by atoms with Crippen LogP contribution in [0.2, 0.25) is 0 Å². The summed E-state index contributed by atoms with van der Waals surface area (Å²) in [5, 5.41) is 8.64. The molecule has 0 aromatic carbocycles. The van der Waals surface area contributed by atoms with Gasteiger partial charge in [0.05, 0.1) is 6.61 Å². The Kier molecular flexibility index (Phi) is 11.5. The number of unbranched alkanes of at least 4 members (excludes halogenated alkanes) is 8. The van der Waals surface area contributed by atoms with E-state index >= 15 is 0 Å². The van der Waals surface area contributed by atoms with Gasteiger partial charge in [-0.05, 0) is 19.3 Å². The first-order chi connectivity index (χ1) is 9.83. The van der Waals surface area contributed by atoms with Crippen LogP contribution in [0.3, 0.4) is 0 Å². The van der Waals surface area contributed by atoms with Gasteiger partial charge in [0.1, 0.15) is 0 Å². The third kappa shape index (κ3) is 15.5. The molecule has 3 N–H and O–H groups in total. The lowest BCUT2D eigenvalue weighted by molar-refractivity contribution is -0.132. The number of rotatable bonds is 14. The molecule has 21 heavy (non-hydrogen) atoms. The summed E-state index contributed by atoms with van der Waals surface area (Å²) < 4.78 is 14.8. The molecule has 0 heterocycles. The summed E-state index contributed by atoms with van der Waals surface area (Å²) in [5.74, 6) is -0.905. The van der Waals surface area contributed by atoms with E-state index in [1.165, 1.54) is 0 Å². The maximum Gasteiger partial charge on any atom is 0.469 e. The predicted molar refractivity (Wildman–Crippen MR) is 80.9 cm³/mol. The second-order valence-electron chi connectivity index (χ2n) is 5.16. The molecule has 0 unspecified atom stereocenters. The van der Waals surface area contributed by atoms with Crippen LogP contribution in [0.1, 0.15) is 64.2 Å². The van der Waals surface area contributed by atoms with E-state index in [-0.39, 0.29) is 12.2 Å². The van der Waals surface area contributed by atoms with Crippen LogP contribution in [-0.4, -0.2) is 27.5 Å². The van der Waals surface area contributed by atoms with Crippen molar-refractivity contribution >= 4 is 13.8 Å². The van der Waals surface area contributed by atoms with Gasteiger partial charge in [-0.25, -0.2) is 9.36 Å². The van der Waals surface area contributed by atoms with Gasteiger partial charge in [-0.2, -0.15) is 0 Å². The SMILES string of the molecule is C=C(CCCCCCCCCCCOP(=O)(O)O)C(=O)O. The van der Waals surface area contributed by atoms with E-state index in [9.17, 15) is 9.36 Å². The highest BCUT2D eigenvalue weighted by Gasteiger charge is 2.12. The Labute approximate surface area is 126 Å². The van der Waals surface area contributed by atoms with Crippen molar-refractivity contribution in [1.29, 1.82) is 0 Å². The smallest absolute Gasteiger partial charge is 0.469 e. The average Bonchev–Trinajstić information content (AvgIpc) is 2.38. The molecule has 0 spiro atoms.